The van der Waals surface area contributed by atoms with Crippen LogP contribution in [0.25, 0.3) is 10.8 Å². The lowest BCUT2D eigenvalue weighted by Gasteiger charge is -2.50. The molecule has 5 N–H and O–H groups in total. The highest BCUT2D eigenvalue weighted by Gasteiger charge is 2.38. The summed E-state index contributed by atoms with van der Waals surface area (Å²) in [7, 11) is 2.15. The zero-order valence-corrected chi connectivity index (χ0v) is 18.8. The molecule has 3 aliphatic rings. The second kappa shape index (κ2) is 8.20. The third kappa shape index (κ3) is 4.07. The van der Waals surface area contributed by atoms with E-state index in [-0.39, 0.29) is 11.4 Å². The number of fused-ring (bicyclic) bond motifs is 4. The molecule has 3 fully saturated rings. The number of piperidine rings is 2. The molecule has 9 nitrogen and oxygen atoms in total. The molecule has 3 saturated heterocycles. The van der Waals surface area contributed by atoms with Gasteiger partial charge in [0.15, 0.2) is 5.82 Å². The summed E-state index contributed by atoms with van der Waals surface area (Å²) in [6.07, 6.45) is -1.67. The molecule has 0 aromatic carbocycles. The summed E-state index contributed by atoms with van der Waals surface area (Å²) in [6, 6.07) is 4.90. The van der Waals surface area contributed by atoms with Crippen LogP contribution in [0.15, 0.2) is 24.4 Å². The summed E-state index contributed by atoms with van der Waals surface area (Å²) in [6.45, 7) is 3.71. The summed E-state index contributed by atoms with van der Waals surface area (Å²) >= 11 is 0. The molecule has 0 aliphatic carbocycles. The first-order valence-corrected chi connectivity index (χ1v) is 11.1. The number of nitrogen functional groups attached to an aromatic ring is 1. The molecule has 0 saturated carbocycles. The SMILES string of the molecule is Cc1nnc(N[C@H](N)c2cc(N)cc(C(F)(F)F)n2)c2cc(N3C[C@H]4CCC3CN4C)ncc12. The molecule has 0 spiro atoms. The number of alkyl halides is 3. The minimum absolute atomic E-state index is 0.0477. The number of aryl methyl sites for hydroxylation is 1. The summed E-state index contributed by atoms with van der Waals surface area (Å²) in [5, 5.41) is 12.9. The number of hydrogen-bond acceptors (Lipinski definition) is 9. The maximum Gasteiger partial charge on any atom is 0.433 e. The standard InChI is InChI=1S/C22H26F3N9/c1-11-16-8-28-19(34-10-13-3-4-14(34)9-33(13)2)7-15(16)21(32-31-11)30-20(27)17-5-12(26)6-18(29-17)22(23,24)25/h5-8,13-14,20H,3-4,9-10,27H2,1-2H3,(H2,26,29)(H,30,32)/t13-,14?,20+/m1/s1. The number of piperazine rings is 1. The Kier molecular flexibility index (Phi) is 5.44. The molecule has 2 bridgehead atoms. The van der Waals surface area contributed by atoms with Crippen LogP contribution in [0.2, 0.25) is 0 Å². The van der Waals surface area contributed by atoms with Crippen molar-refractivity contribution in [1.29, 1.82) is 0 Å². The first-order chi connectivity index (χ1) is 16.1. The van der Waals surface area contributed by atoms with Gasteiger partial charge in [-0.2, -0.15) is 18.3 Å². The average molecular weight is 474 g/mol. The molecule has 6 heterocycles. The molecule has 3 aromatic rings. The van der Waals surface area contributed by atoms with E-state index in [1.807, 2.05) is 13.0 Å². The highest BCUT2D eigenvalue weighted by atomic mass is 19.4. The smallest absolute Gasteiger partial charge is 0.399 e. The Morgan fingerprint density at radius 1 is 1.09 bits per heavy atom. The maximum absolute atomic E-state index is 13.2. The minimum Gasteiger partial charge on any atom is -0.399 e. The van der Waals surface area contributed by atoms with Crippen LogP contribution < -0.4 is 21.7 Å². The summed E-state index contributed by atoms with van der Waals surface area (Å²) in [5.41, 5.74) is 11.3. The third-order valence-corrected chi connectivity index (χ3v) is 6.70. The highest BCUT2D eigenvalue weighted by Crippen LogP contribution is 2.34. The van der Waals surface area contributed by atoms with Crippen LogP contribution in [0.3, 0.4) is 0 Å². The van der Waals surface area contributed by atoms with Crippen molar-refractivity contribution in [2.45, 2.75) is 44.2 Å². The second-order valence-electron chi connectivity index (χ2n) is 9.03. The topological polar surface area (TPSA) is 122 Å². The van der Waals surface area contributed by atoms with Crippen molar-refractivity contribution in [3.8, 4) is 0 Å². The number of hydrogen-bond donors (Lipinski definition) is 3. The Morgan fingerprint density at radius 3 is 2.53 bits per heavy atom. The highest BCUT2D eigenvalue weighted by molar-refractivity contribution is 5.94. The van der Waals surface area contributed by atoms with E-state index in [0.29, 0.717) is 23.6 Å². The van der Waals surface area contributed by atoms with Gasteiger partial charge in [0, 0.05) is 47.8 Å². The van der Waals surface area contributed by atoms with Gasteiger partial charge in [-0.15, -0.1) is 5.10 Å². The van der Waals surface area contributed by atoms with Crippen molar-refractivity contribution in [2.24, 2.45) is 5.73 Å². The van der Waals surface area contributed by atoms with Gasteiger partial charge in [0.2, 0.25) is 0 Å². The van der Waals surface area contributed by atoms with Crippen molar-refractivity contribution in [2.75, 3.05) is 36.1 Å². The van der Waals surface area contributed by atoms with Gasteiger partial charge < -0.3 is 21.7 Å². The van der Waals surface area contributed by atoms with Gasteiger partial charge in [-0.1, -0.05) is 0 Å². The summed E-state index contributed by atoms with van der Waals surface area (Å²) in [4.78, 5) is 13.1. The Labute approximate surface area is 194 Å². The number of likely N-dealkylation sites (N-methyl/N-ethyl adjacent to an activating group) is 1. The lowest BCUT2D eigenvalue weighted by atomic mass is 9.91. The Balaban J connectivity index is 1.49. The zero-order chi connectivity index (χ0) is 24.2. The van der Waals surface area contributed by atoms with Crippen LogP contribution in [-0.4, -0.2) is 57.3 Å². The molecule has 0 amide bonds. The average Bonchev–Trinajstić information content (AvgIpc) is 2.80. The molecule has 34 heavy (non-hydrogen) atoms. The molecule has 3 atom stereocenters. The second-order valence-corrected chi connectivity index (χ2v) is 9.03. The number of nitrogens with zero attached hydrogens (tertiary/aromatic N) is 6. The fourth-order valence-electron chi connectivity index (χ4n) is 4.84. The first kappa shape index (κ1) is 22.5. The van der Waals surface area contributed by atoms with Crippen LogP contribution in [0, 0.1) is 6.92 Å². The van der Waals surface area contributed by atoms with E-state index in [1.54, 1.807) is 6.20 Å². The number of anilines is 3. The van der Waals surface area contributed by atoms with Gasteiger partial charge in [-0.3, -0.25) is 4.90 Å². The molecule has 3 aromatic heterocycles. The van der Waals surface area contributed by atoms with Crippen LogP contribution in [-0.2, 0) is 6.18 Å². The Hall–Kier alpha value is -3.25. The summed E-state index contributed by atoms with van der Waals surface area (Å²) in [5.74, 6) is 1.18. The fraction of sp³-hybridized carbons (Fsp3) is 0.455. The van der Waals surface area contributed by atoms with E-state index in [2.05, 4.69) is 37.3 Å². The molecular formula is C22H26F3N9. The predicted octanol–water partition coefficient (Wildman–Crippen LogP) is 2.68. The monoisotopic (exact) mass is 473 g/mol. The van der Waals surface area contributed by atoms with Crippen LogP contribution in [0.5, 0.6) is 0 Å². The van der Waals surface area contributed by atoms with Crippen molar-refractivity contribution in [1.82, 2.24) is 25.1 Å². The quantitative estimate of drug-likeness (QED) is 0.491. The largest absolute Gasteiger partial charge is 0.433 e. The van der Waals surface area contributed by atoms with Crippen LogP contribution >= 0.6 is 0 Å². The minimum atomic E-state index is -4.64. The van der Waals surface area contributed by atoms with Gasteiger partial charge >= 0.3 is 6.18 Å². The lowest BCUT2D eigenvalue weighted by Crippen LogP contribution is -2.61. The van der Waals surface area contributed by atoms with Gasteiger partial charge in [0.1, 0.15) is 17.7 Å². The van der Waals surface area contributed by atoms with E-state index in [0.717, 1.165) is 42.2 Å². The van der Waals surface area contributed by atoms with Gasteiger partial charge in [-0.25, -0.2) is 9.97 Å². The number of nitrogens with one attached hydrogen (secondary N) is 1. The van der Waals surface area contributed by atoms with Gasteiger partial charge in [-0.05, 0) is 45.0 Å². The van der Waals surface area contributed by atoms with Gasteiger partial charge in [0.25, 0.3) is 0 Å². The normalized spacial score (nSPS) is 21.8. The van der Waals surface area contributed by atoms with E-state index >= 15 is 0 Å². The molecule has 1 unspecified atom stereocenters. The summed E-state index contributed by atoms with van der Waals surface area (Å²) < 4.78 is 39.6. The number of halogens is 3. The van der Waals surface area contributed by atoms with E-state index < -0.39 is 18.0 Å². The number of rotatable bonds is 4. The van der Waals surface area contributed by atoms with E-state index in [1.165, 1.54) is 12.5 Å². The molecule has 6 rings (SSSR count). The number of aromatic nitrogens is 4. The van der Waals surface area contributed by atoms with Crippen molar-refractivity contribution in [3.05, 3.63) is 41.5 Å². The molecule has 180 valence electrons. The van der Waals surface area contributed by atoms with Gasteiger partial charge in [0.05, 0.1) is 11.4 Å². The third-order valence-electron chi connectivity index (χ3n) is 6.70. The van der Waals surface area contributed by atoms with E-state index in [4.69, 9.17) is 16.5 Å². The first-order valence-electron chi connectivity index (χ1n) is 11.1. The van der Waals surface area contributed by atoms with E-state index in [9.17, 15) is 13.2 Å². The molecular weight excluding hydrogens is 447 g/mol. The predicted molar refractivity (Wildman–Crippen MR) is 123 cm³/mol. The lowest BCUT2D eigenvalue weighted by molar-refractivity contribution is -0.141. The number of pyridine rings is 2. The molecule has 3 aliphatic heterocycles. The Morgan fingerprint density at radius 2 is 1.85 bits per heavy atom. The fourth-order valence-corrected chi connectivity index (χ4v) is 4.84. The molecule has 12 heteroatoms. The number of nitrogens with two attached hydrogens (primary N) is 2. The maximum atomic E-state index is 13.2. The molecule has 0 radical (unpaired) electrons. The van der Waals surface area contributed by atoms with Crippen molar-refractivity contribution >= 4 is 28.1 Å². The van der Waals surface area contributed by atoms with Crippen molar-refractivity contribution < 1.29 is 13.2 Å². The Bertz CT molecular complexity index is 1230. The van der Waals surface area contributed by atoms with Crippen LogP contribution in [0.4, 0.5) is 30.5 Å². The zero-order valence-electron chi connectivity index (χ0n) is 18.8. The van der Waals surface area contributed by atoms with Crippen LogP contribution in [0.1, 0.15) is 36.1 Å². The van der Waals surface area contributed by atoms with Crippen molar-refractivity contribution in [3.63, 3.8) is 0 Å².